The highest BCUT2D eigenvalue weighted by atomic mass is 16.5. The molecular formula is C14H22N2O2. The first-order valence-electron chi connectivity index (χ1n) is 6.14. The molecule has 0 aromatic heterocycles. The van der Waals surface area contributed by atoms with Gasteiger partial charge in [-0.15, -0.1) is 0 Å². The third kappa shape index (κ3) is 4.04. The molecule has 0 radical (unpaired) electrons. The van der Waals surface area contributed by atoms with E-state index >= 15 is 0 Å². The molecule has 0 saturated carbocycles. The standard InChI is InChI=1S/C14H22N2O2/c1-5-18-14(3,4)9-16-13(17)11-8-10(2)6-7-12(11)15/h6-8H,5,9,15H2,1-4H3,(H,16,17). The Balaban J connectivity index is 2.69. The molecule has 1 amide bonds. The van der Waals surface area contributed by atoms with E-state index in [1.807, 2.05) is 33.8 Å². The summed E-state index contributed by atoms with van der Waals surface area (Å²) in [5.74, 6) is -0.163. The maximum Gasteiger partial charge on any atom is 0.253 e. The number of nitrogens with two attached hydrogens (primary N) is 1. The van der Waals surface area contributed by atoms with Gasteiger partial charge in [0, 0.05) is 18.8 Å². The van der Waals surface area contributed by atoms with Crippen molar-refractivity contribution >= 4 is 11.6 Å². The zero-order valence-corrected chi connectivity index (χ0v) is 11.5. The van der Waals surface area contributed by atoms with Gasteiger partial charge in [0.05, 0.1) is 11.2 Å². The zero-order chi connectivity index (χ0) is 13.8. The largest absolute Gasteiger partial charge is 0.398 e. The summed E-state index contributed by atoms with van der Waals surface area (Å²) < 4.78 is 5.52. The van der Waals surface area contributed by atoms with Crippen LogP contribution in [0.3, 0.4) is 0 Å². The molecule has 0 saturated heterocycles. The van der Waals surface area contributed by atoms with Crippen LogP contribution in [0.5, 0.6) is 0 Å². The van der Waals surface area contributed by atoms with Crippen molar-refractivity contribution in [2.45, 2.75) is 33.3 Å². The molecule has 0 aliphatic heterocycles. The molecule has 4 nitrogen and oxygen atoms in total. The Morgan fingerprint density at radius 3 is 2.72 bits per heavy atom. The molecule has 100 valence electrons. The van der Waals surface area contributed by atoms with Crippen LogP contribution in [0.15, 0.2) is 18.2 Å². The molecule has 4 heteroatoms. The summed E-state index contributed by atoms with van der Waals surface area (Å²) in [6, 6.07) is 5.42. The smallest absolute Gasteiger partial charge is 0.253 e. The van der Waals surface area contributed by atoms with Crippen molar-refractivity contribution in [1.82, 2.24) is 5.32 Å². The number of carbonyl (C=O) groups excluding carboxylic acids is 1. The number of hydrogen-bond acceptors (Lipinski definition) is 3. The van der Waals surface area contributed by atoms with E-state index in [1.165, 1.54) is 0 Å². The van der Waals surface area contributed by atoms with E-state index in [0.29, 0.717) is 24.4 Å². The summed E-state index contributed by atoms with van der Waals surface area (Å²) in [5.41, 5.74) is 7.45. The predicted molar refractivity (Wildman–Crippen MR) is 73.6 cm³/mol. The topological polar surface area (TPSA) is 64.3 Å². The first kappa shape index (κ1) is 14.5. The Bertz CT molecular complexity index is 428. The fraction of sp³-hybridized carbons (Fsp3) is 0.500. The Labute approximate surface area is 109 Å². The summed E-state index contributed by atoms with van der Waals surface area (Å²) in [6.45, 7) is 8.82. The van der Waals surface area contributed by atoms with E-state index in [-0.39, 0.29) is 11.5 Å². The lowest BCUT2D eigenvalue weighted by atomic mass is 10.1. The number of nitrogens with one attached hydrogen (secondary N) is 1. The van der Waals surface area contributed by atoms with Gasteiger partial charge in [0.25, 0.3) is 5.91 Å². The van der Waals surface area contributed by atoms with Gasteiger partial charge < -0.3 is 15.8 Å². The van der Waals surface area contributed by atoms with Crippen molar-refractivity contribution in [1.29, 1.82) is 0 Å². The van der Waals surface area contributed by atoms with E-state index in [9.17, 15) is 4.79 Å². The second-order valence-corrected chi connectivity index (χ2v) is 4.97. The molecule has 1 rings (SSSR count). The summed E-state index contributed by atoms with van der Waals surface area (Å²) in [7, 11) is 0. The first-order chi connectivity index (χ1) is 8.35. The molecule has 0 heterocycles. The van der Waals surface area contributed by atoms with Crippen LogP contribution >= 0.6 is 0 Å². The van der Waals surface area contributed by atoms with Crippen LogP contribution in [0, 0.1) is 6.92 Å². The van der Waals surface area contributed by atoms with Gasteiger partial charge in [-0.25, -0.2) is 0 Å². The Morgan fingerprint density at radius 2 is 2.11 bits per heavy atom. The third-order valence-electron chi connectivity index (χ3n) is 2.66. The molecule has 0 fully saturated rings. The molecule has 1 aromatic rings. The van der Waals surface area contributed by atoms with Gasteiger partial charge in [0.15, 0.2) is 0 Å². The fourth-order valence-electron chi connectivity index (χ4n) is 1.70. The van der Waals surface area contributed by atoms with Gasteiger partial charge in [-0.1, -0.05) is 11.6 Å². The van der Waals surface area contributed by atoms with Gasteiger partial charge in [-0.2, -0.15) is 0 Å². The predicted octanol–water partition coefficient (Wildman–Crippen LogP) is 2.12. The number of carbonyl (C=O) groups is 1. The van der Waals surface area contributed by atoms with E-state index in [4.69, 9.17) is 10.5 Å². The molecule has 18 heavy (non-hydrogen) atoms. The number of anilines is 1. The fourth-order valence-corrected chi connectivity index (χ4v) is 1.70. The lowest BCUT2D eigenvalue weighted by Gasteiger charge is -2.25. The van der Waals surface area contributed by atoms with Gasteiger partial charge in [0.1, 0.15) is 0 Å². The Kier molecular flexibility index (Phi) is 4.73. The van der Waals surface area contributed by atoms with E-state index in [2.05, 4.69) is 5.32 Å². The molecule has 0 unspecified atom stereocenters. The SMILES string of the molecule is CCOC(C)(C)CNC(=O)c1cc(C)ccc1N. The van der Waals surface area contributed by atoms with Gasteiger partial charge in [0.2, 0.25) is 0 Å². The molecule has 1 aromatic carbocycles. The van der Waals surface area contributed by atoms with Crippen molar-refractivity contribution in [3.63, 3.8) is 0 Å². The Hall–Kier alpha value is -1.55. The number of ether oxygens (including phenoxy) is 1. The third-order valence-corrected chi connectivity index (χ3v) is 2.66. The number of aryl methyl sites for hydroxylation is 1. The minimum Gasteiger partial charge on any atom is -0.398 e. The molecule has 0 aliphatic rings. The maximum atomic E-state index is 12.0. The van der Waals surface area contributed by atoms with E-state index in [1.54, 1.807) is 12.1 Å². The minimum absolute atomic E-state index is 0.163. The summed E-state index contributed by atoms with van der Waals surface area (Å²) in [5, 5.41) is 2.85. The average Bonchev–Trinajstić information content (AvgIpc) is 2.29. The van der Waals surface area contributed by atoms with Crippen LogP contribution in [0.25, 0.3) is 0 Å². The van der Waals surface area contributed by atoms with Crippen molar-refractivity contribution in [3.05, 3.63) is 29.3 Å². The molecule has 0 aliphatic carbocycles. The van der Waals surface area contributed by atoms with Gasteiger partial charge in [-0.3, -0.25) is 4.79 Å². The van der Waals surface area contributed by atoms with Crippen LogP contribution in [-0.4, -0.2) is 24.7 Å². The van der Waals surface area contributed by atoms with Crippen LogP contribution in [0.1, 0.15) is 36.7 Å². The summed E-state index contributed by atoms with van der Waals surface area (Å²) >= 11 is 0. The highest BCUT2D eigenvalue weighted by Crippen LogP contribution is 2.14. The number of benzene rings is 1. The molecule has 0 bridgehead atoms. The van der Waals surface area contributed by atoms with Crippen LogP contribution < -0.4 is 11.1 Å². The van der Waals surface area contributed by atoms with Crippen molar-refractivity contribution in [3.8, 4) is 0 Å². The monoisotopic (exact) mass is 250 g/mol. The number of rotatable bonds is 5. The Morgan fingerprint density at radius 1 is 1.44 bits per heavy atom. The molecule has 0 atom stereocenters. The normalized spacial score (nSPS) is 11.3. The highest BCUT2D eigenvalue weighted by molar-refractivity contribution is 5.99. The number of hydrogen-bond donors (Lipinski definition) is 2. The molecular weight excluding hydrogens is 228 g/mol. The molecule has 0 spiro atoms. The first-order valence-corrected chi connectivity index (χ1v) is 6.14. The molecule has 3 N–H and O–H groups in total. The maximum absolute atomic E-state index is 12.0. The van der Waals surface area contributed by atoms with E-state index < -0.39 is 0 Å². The number of nitrogen functional groups attached to an aromatic ring is 1. The van der Waals surface area contributed by atoms with Crippen molar-refractivity contribution in [2.75, 3.05) is 18.9 Å². The van der Waals surface area contributed by atoms with Gasteiger partial charge in [-0.05, 0) is 39.8 Å². The minimum atomic E-state index is -0.372. The summed E-state index contributed by atoms with van der Waals surface area (Å²) in [4.78, 5) is 12.0. The highest BCUT2D eigenvalue weighted by Gasteiger charge is 2.19. The number of amides is 1. The van der Waals surface area contributed by atoms with Crippen molar-refractivity contribution < 1.29 is 9.53 Å². The van der Waals surface area contributed by atoms with Gasteiger partial charge >= 0.3 is 0 Å². The zero-order valence-electron chi connectivity index (χ0n) is 11.5. The van der Waals surface area contributed by atoms with Crippen LogP contribution in [-0.2, 0) is 4.74 Å². The summed E-state index contributed by atoms with van der Waals surface area (Å²) in [6.07, 6.45) is 0. The lowest BCUT2D eigenvalue weighted by molar-refractivity contribution is -0.00814. The lowest BCUT2D eigenvalue weighted by Crippen LogP contribution is -2.40. The quantitative estimate of drug-likeness (QED) is 0.787. The average molecular weight is 250 g/mol. The van der Waals surface area contributed by atoms with Crippen LogP contribution in [0.4, 0.5) is 5.69 Å². The van der Waals surface area contributed by atoms with Crippen molar-refractivity contribution in [2.24, 2.45) is 0 Å². The second-order valence-electron chi connectivity index (χ2n) is 4.97. The van der Waals surface area contributed by atoms with Crippen LogP contribution in [0.2, 0.25) is 0 Å². The second kappa shape index (κ2) is 5.87. The van der Waals surface area contributed by atoms with E-state index in [0.717, 1.165) is 5.56 Å².